The largest absolute Gasteiger partial charge is 0.497 e. The van der Waals surface area contributed by atoms with Crippen LogP contribution in [0.5, 0.6) is 17.2 Å². The Morgan fingerprint density at radius 3 is 2.42 bits per heavy atom. The molecule has 0 unspecified atom stereocenters. The Balaban J connectivity index is 2.33. The summed E-state index contributed by atoms with van der Waals surface area (Å²) in [7, 11) is 1.58. The number of nitrogens with two attached hydrogens (primary N) is 1. The van der Waals surface area contributed by atoms with Gasteiger partial charge in [-0.1, -0.05) is 0 Å². The minimum Gasteiger partial charge on any atom is -0.497 e. The predicted octanol–water partition coefficient (Wildman–Crippen LogP) is 4.73. The molecular weight excluding hydrogens is 381 g/mol. The molecule has 0 aliphatic carbocycles. The molecule has 0 radical (unpaired) electrons. The van der Waals surface area contributed by atoms with Gasteiger partial charge in [-0.25, -0.2) is 4.39 Å². The first-order valence-corrected chi connectivity index (χ1v) is 6.85. The molecule has 100 valence electrons. The van der Waals surface area contributed by atoms with Crippen molar-refractivity contribution in [3.63, 3.8) is 0 Å². The molecular formula is C13H10Br2FNO2. The molecule has 6 heteroatoms. The third-order valence-electron chi connectivity index (χ3n) is 2.41. The van der Waals surface area contributed by atoms with Crippen molar-refractivity contribution >= 4 is 37.5 Å². The summed E-state index contributed by atoms with van der Waals surface area (Å²) in [4.78, 5) is 0. The van der Waals surface area contributed by atoms with E-state index >= 15 is 0 Å². The summed E-state index contributed by atoms with van der Waals surface area (Å²) in [6.45, 7) is 0. The Morgan fingerprint density at radius 2 is 1.79 bits per heavy atom. The lowest BCUT2D eigenvalue weighted by molar-refractivity contribution is 0.412. The maximum absolute atomic E-state index is 13.3. The van der Waals surface area contributed by atoms with Gasteiger partial charge >= 0.3 is 0 Å². The summed E-state index contributed by atoms with van der Waals surface area (Å²) in [6.07, 6.45) is 0. The summed E-state index contributed by atoms with van der Waals surface area (Å²) in [5, 5.41) is 0. The van der Waals surface area contributed by atoms with Crippen molar-refractivity contribution in [3.8, 4) is 17.2 Å². The number of benzene rings is 2. The molecule has 0 bridgehead atoms. The van der Waals surface area contributed by atoms with Gasteiger partial charge in [0.05, 0.1) is 21.7 Å². The van der Waals surface area contributed by atoms with Crippen LogP contribution in [0, 0.1) is 5.82 Å². The summed E-state index contributed by atoms with van der Waals surface area (Å²) < 4.78 is 25.0. The lowest BCUT2D eigenvalue weighted by Gasteiger charge is -2.11. The smallest absolute Gasteiger partial charge is 0.151 e. The van der Waals surface area contributed by atoms with Crippen LogP contribution in [0.15, 0.2) is 39.3 Å². The lowest BCUT2D eigenvalue weighted by Crippen LogP contribution is -1.95. The molecule has 0 aliphatic heterocycles. The van der Waals surface area contributed by atoms with Gasteiger partial charge in [-0.3, -0.25) is 0 Å². The molecule has 19 heavy (non-hydrogen) atoms. The quantitative estimate of drug-likeness (QED) is 0.770. The number of halogens is 3. The maximum atomic E-state index is 13.3. The van der Waals surface area contributed by atoms with Crippen LogP contribution >= 0.6 is 31.9 Å². The summed E-state index contributed by atoms with van der Waals surface area (Å²) in [5.41, 5.74) is 5.94. The minimum absolute atomic E-state index is 0.225. The van der Waals surface area contributed by atoms with Crippen LogP contribution in [0.1, 0.15) is 0 Å². The van der Waals surface area contributed by atoms with E-state index in [1.54, 1.807) is 25.3 Å². The number of ether oxygens (including phenoxy) is 2. The Labute approximate surface area is 126 Å². The molecule has 0 saturated carbocycles. The minimum atomic E-state index is -0.432. The Kier molecular flexibility index (Phi) is 4.31. The van der Waals surface area contributed by atoms with Crippen LogP contribution in [-0.4, -0.2) is 7.11 Å². The van der Waals surface area contributed by atoms with Crippen LogP contribution in [0.4, 0.5) is 10.1 Å². The second-order valence-corrected chi connectivity index (χ2v) is 5.41. The zero-order valence-electron chi connectivity index (χ0n) is 9.91. The molecule has 0 fully saturated rings. The number of rotatable bonds is 3. The van der Waals surface area contributed by atoms with Crippen LogP contribution in [0.3, 0.4) is 0 Å². The number of nitrogen functional groups attached to an aromatic ring is 1. The normalized spacial score (nSPS) is 10.3. The summed E-state index contributed by atoms with van der Waals surface area (Å²) in [6, 6.07) is 7.96. The van der Waals surface area contributed by atoms with E-state index in [1.807, 2.05) is 0 Å². The Bertz CT molecular complexity index is 620. The summed E-state index contributed by atoms with van der Waals surface area (Å²) >= 11 is 6.46. The van der Waals surface area contributed by atoms with E-state index < -0.39 is 5.82 Å². The van der Waals surface area contributed by atoms with Crippen molar-refractivity contribution in [2.75, 3.05) is 12.8 Å². The molecule has 0 heterocycles. The fraction of sp³-hybridized carbons (Fsp3) is 0.0769. The highest BCUT2D eigenvalue weighted by Gasteiger charge is 2.10. The Morgan fingerprint density at radius 1 is 1.05 bits per heavy atom. The number of anilines is 1. The first-order valence-electron chi connectivity index (χ1n) is 5.27. The van der Waals surface area contributed by atoms with Gasteiger partial charge in [-0.05, 0) is 50.1 Å². The van der Waals surface area contributed by atoms with Gasteiger partial charge in [0, 0.05) is 12.1 Å². The molecule has 0 saturated heterocycles. The molecule has 0 spiro atoms. The van der Waals surface area contributed by atoms with E-state index in [9.17, 15) is 4.39 Å². The van der Waals surface area contributed by atoms with Gasteiger partial charge in [0.25, 0.3) is 0 Å². The van der Waals surface area contributed by atoms with Crippen LogP contribution in [0.2, 0.25) is 0 Å². The molecule has 2 aromatic carbocycles. The molecule has 0 atom stereocenters. The molecule has 2 aromatic rings. The molecule has 2 N–H and O–H groups in total. The van der Waals surface area contributed by atoms with Gasteiger partial charge in [0.2, 0.25) is 0 Å². The lowest BCUT2D eigenvalue weighted by atomic mass is 10.3. The van der Waals surface area contributed by atoms with Crippen LogP contribution < -0.4 is 15.2 Å². The van der Waals surface area contributed by atoms with Crippen molar-refractivity contribution in [3.05, 3.63) is 45.1 Å². The molecule has 2 rings (SSSR count). The predicted molar refractivity (Wildman–Crippen MR) is 79.3 cm³/mol. The average Bonchev–Trinajstić information content (AvgIpc) is 2.38. The number of methoxy groups -OCH3 is 1. The second kappa shape index (κ2) is 5.79. The van der Waals surface area contributed by atoms with E-state index in [-0.39, 0.29) is 5.69 Å². The third-order valence-corrected chi connectivity index (χ3v) is 3.64. The zero-order chi connectivity index (χ0) is 14.0. The Hall–Kier alpha value is -1.27. The van der Waals surface area contributed by atoms with Crippen molar-refractivity contribution in [2.45, 2.75) is 0 Å². The highest BCUT2D eigenvalue weighted by Crippen LogP contribution is 2.36. The maximum Gasteiger partial charge on any atom is 0.151 e. The van der Waals surface area contributed by atoms with E-state index in [0.717, 1.165) is 0 Å². The SMILES string of the molecule is COc1ccc(Oc2cc(Br)c(F)cc2N)c(Br)c1. The summed E-state index contributed by atoms with van der Waals surface area (Å²) in [5.74, 6) is 1.20. The highest BCUT2D eigenvalue weighted by atomic mass is 79.9. The second-order valence-electron chi connectivity index (χ2n) is 3.70. The first-order chi connectivity index (χ1) is 9.01. The fourth-order valence-electron chi connectivity index (χ4n) is 1.44. The van der Waals surface area contributed by atoms with Crippen molar-refractivity contribution < 1.29 is 13.9 Å². The number of hydrogen-bond donors (Lipinski definition) is 1. The van der Waals surface area contributed by atoms with E-state index in [1.165, 1.54) is 12.1 Å². The third kappa shape index (κ3) is 3.19. The van der Waals surface area contributed by atoms with E-state index in [4.69, 9.17) is 15.2 Å². The van der Waals surface area contributed by atoms with Gasteiger partial charge in [0.1, 0.15) is 17.3 Å². The standard InChI is InChI=1S/C13H10Br2FNO2/c1-18-7-2-3-12(9(15)4-7)19-13-5-8(14)10(16)6-11(13)17/h2-6H,17H2,1H3. The van der Waals surface area contributed by atoms with E-state index in [2.05, 4.69) is 31.9 Å². The van der Waals surface area contributed by atoms with E-state index in [0.29, 0.717) is 26.2 Å². The molecule has 0 aliphatic rings. The van der Waals surface area contributed by atoms with Gasteiger partial charge in [0.15, 0.2) is 5.75 Å². The first kappa shape index (κ1) is 14.1. The van der Waals surface area contributed by atoms with Gasteiger partial charge in [-0.2, -0.15) is 0 Å². The molecule has 3 nitrogen and oxygen atoms in total. The van der Waals surface area contributed by atoms with Crippen molar-refractivity contribution in [1.29, 1.82) is 0 Å². The topological polar surface area (TPSA) is 44.5 Å². The average molecular weight is 391 g/mol. The fourth-order valence-corrected chi connectivity index (χ4v) is 2.20. The zero-order valence-corrected chi connectivity index (χ0v) is 13.1. The van der Waals surface area contributed by atoms with Gasteiger partial charge in [-0.15, -0.1) is 0 Å². The monoisotopic (exact) mass is 389 g/mol. The van der Waals surface area contributed by atoms with Crippen LogP contribution in [-0.2, 0) is 0 Å². The van der Waals surface area contributed by atoms with Crippen molar-refractivity contribution in [2.24, 2.45) is 0 Å². The molecule has 0 amide bonds. The molecule has 0 aromatic heterocycles. The number of hydrogen-bond acceptors (Lipinski definition) is 3. The van der Waals surface area contributed by atoms with Crippen LogP contribution in [0.25, 0.3) is 0 Å². The van der Waals surface area contributed by atoms with Gasteiger partial charge < -0.3 is 15.2 Å². The highest BCUT2D eigenvalue weighted by molar-refractivity contribution is 9.10. The van der Waals surface area contributed by atoms with Crippen molar-refractivity contribution in [1.82, 2.24) is 0 Å².